The summed E-state index contributed by atoms with van der Waals surface area (Å²) in [5.74, 6) is -1.98. The lowest BCUT2D eigenvalue weighted by molar-refractivity contribution is -0.870. The Morgan fingerprint density at radius 2 is 0.606 bits per heavy atom. The van der Waals surface area contributed by atoms with E-state index in [1.165, 1.54) is 308 Å². The van der Waals surface area contributed by atoms with Gasteiger partial charge in [0, 0.05) is 12.8 Å². The van der Waals surface area contributed by atoms with Crippen molar-refractivity contribution < 1.29 is 42.9 Å². The number of nitrogens with zero attached hydrogens (tertiary/aromatic N) is 1. The maximum absolute atomic E-state index is 13.0. The Morgan fingerprint density at radius 3 is 0.904 bits per heavy atom. The molecule has 0 aromatic carbocycles. The summed E-state index contributed by atoms with van der Waals surface area (Å²) < 4.78 is 23.1. The predicted octanol–water partition coefficient (Wildman–Crippen LogP) is 26.2. The fraction of sp³-hybridized carbons (Fsp3) is 0.847. The zero-order valence-corrected chi connectivity index (χ0v) is 63.1. The molecule has 2 atom stereocenters. The lowest BCUT2D eigenvalue weighted by atomic mass is 10.0. The number of carboxylic acid groups (broad SMARTS) is 1. The van der Waals surface area contributed by atoms with Gasteiger partial charge in [-0.2, -0.15) is 0 Å². The van der Waals surface area contributed by atoms with Gasteiger partial charge in [-0.05, 0) is 57.8 Å². The van der Waals surface area contributed by atoms with Crippen molar-refractivity contribution in [2.24, 2.45) is 0 Å². The molecule has 0 aromatic rings. The SMILES string of the molecule is CC/C=C\C/C=C\C/C=C\C/C=C\C/C=C\CCCCCCCCCCCCCCCCCCCC(=O)OC(COC(=O)CCCCCCCCCCCCCCCCCCCCCCCCCCCCCCCCCCCCCC)COC(OCC[N+](C)(C)C)C(=O)O. The highest BCUT2D eigenvalue weighted by Crippen LogP contribution is 2.20. The van der Waals surface area contributed by atoms with Gasteiger partial charge < -0.3 is 28.5 Å². The average molecular weight is 1320 g/mol. The van der Waals surface area contributed by atoms with E-state index >= 15 is 0 Å². The van der Waals surface area contributed by atoms with Crippen molar-refractivity contribution in [3.63, 3.8) is 0 Å². The second-order valence-electron chi connectivity index (χ2n) is 29.1. The molecule has 0 heterocycles. The molecule has 0 aliphatic carbocycles. The van der Waals surface area contributed by atoms with Crippen LogP contribution in [0.4, 0.5) is 0 Å². The van der Waals surface area contributed by atoms with Gasteiger partial charge in [0.25, 0.3) is 6.29 Å². The number of carbonyl (C=O) groups excluding carboxylic acids is 2. The van der Waals surface area contributed by atoms with Gasteiger partial charge in [0.2, 0.25) is 0 Å². The number of allylic oxidation sites excluding steroid dienone is 10. The molecule has 0 aromatic heterocycles. The Morgan fingerprint density at radius 1 is 0.330 bits per heavy atom. The summed E-state index contributed by atoms with van der Waals surface area (Å²) in [6.45, 7) is 4.84. The van der Waals surface area contributed by atoms with E-state index in [1.807, 2.05) is 21.1 Å². The second-order valence-corrected chi connectivity index (χ2v) is 29.1. The number of hydrogen-bond donors (Lipinski definition) is 1. The zero-order valence-electron chi connectivity index (χ0n) is 63.1. The number of quaternary nitrogens is 1. The molecule has 0 aliphatic rings. The number of hydrogen-bond acceptors (Lipinski definition) is 7. The number of esters is 2. The second kappa shape index (κ2) is 75.8. The van der Waals surface area contributed by atoms with Crippen LogP contribution in [-0.4, -0.2) is 87.4 Å². The summed E-state index contributed by atoms with van der Waals surface area (Å²) in [7, 11) is 6.00. The van der Waals surface area contributed by atoms with Crippen LogP contribution < -0.4 is 0 Å². The molecule has 0 rings (SSSR count). The van der Waals surface area contributed by atoms with Crippen molar-refractivity contribution in [3.05, 3.63) is 60.8 Å². The van der Waals surface area contributed by atoms with Crippen LogP contribution in [-0.2, 0) is 33.3 Å². The standard InChI is InChI=1S/C85H157NO8/c1-6-8-10-12-14-16-18-20-22-24-26-28-30-32-34-36-38-40-41-42-44-45-47-49-51-53-55-57-59-61-63-65-67-69-71-73-75-82(87)92-79-81(80-93-85(84(89)90)91-78-77-86(3,4)5)94-83(88)76-74-72-70-68-66-64-62-60-58-56-54-52-50-48-46-43-39-37-35-33-31-29-27-25-23-21-19-17-15-13-11-9-7-2/h9,11,15,17,21,23,27,29,33,35,81,85H,6-8,10,12-14,16,18-20,22,24-26,28,30-32,34,36-80H2,1-5H3/p+1/b11-9-,17-15-,23-21-,29-27-,35-33-. The van der Waals surface area contributed by atoms with Crippen LogP contribution in [0.2, 0.25) is 0 Å². The summed E-state index contributed by atoms with van der Waals surface area (Å²) in [5.41, 5.74) is 0. The number of aliphatic carboxylic acids is 1. The normalized spacial score (nSPS) is 12.9. The first kappa shape index (κ1) is 91.0. The first-order valence-corrected chi connectivity index (χ1v) is 41.0. The number of carbonyl (C=O) groups is 3. The minimum Gasteiger partial charge on any atom is -0.477 e. The molecule has 1 N–H and O–H groups in total. The molecule has 2 unspecified atom stereocenters. The molecule has 0 aliphatic heterocycles. The highest BCUT2D eigenvalue weighted by atomic mass is 16.7. The third-order valence-corrected chi connectivity index (χ3v) is 18.5. The van der Waals surface area contributed by atoms with Gasteiger partial charge >= 0.3 is 17.9 Å². The van der Waals surface area contributed by atoms with Crippen LogP contribution in [0.3, 0.4) is 0 Å². The van der Waals surface area contributed by atoms with Gasteiger partial charge in [0.15, 0.2) is 6.10 Å². The number of rotatable bonds is 77. The summed E-state index contributed by atoms with van der Waals surface area (Å²) >= 11 is 0. The molecule has 9 heteroatoms. The van der Waals surface area contributed by atoms with Crippen LogP contribution in [0.1, 0.15) is 406 Å². The number of likely N-dealkylation sites (N-methyl/N-ethyl adjacent to an activating group) is 1. The van der Waals surface area contributed by atoms with Crippen molar-refractivity contribution in [2.45, 2.75) is 418 Å². The molecule has 0 bridgehead atoms. The van der Waals surface area contributed by atoms with E-state index in [9.17, 15) is 19.5 Å². The van der Waals surface area contributed by atoms with Crippen molar-refractivity contribution in [1.29, 1.82) is 0 Å². The Balaban J connectivity index is 3.96. The smallest absolute Gasteiger partial charge is 0.361 e. The van der Waals surface area contributed by atoms with E-state index in [1.54, 1.807) is 0 Å². The third-order valence-electron chi connectivity index (χ3n) is 18.5. The van der Waals surface area contributed by atoms with Gasteiger partial charge in [-0.15, -0.1) is 0 Å². The molecule has 9 nitrogen and oxygen atoms in total. The molecule has 550 valence electrons. The van der Waals surface area contributed by atoms with E-state index in [2.05, 4.69) is 74.6 Å². The summed E-state index contributed by atoms with van der Waals surface area (Å²) in [5, 5.41) is 9.78. The molecule has 0 spiro atoms. The van der Waals surface area contributed by atoms with E-state index in [0.29, 0.717) is 17.4 Å². The van der Waals surface area contributed by atoms with Crippen molar-refractivity contribution >= 4 is 17.9 Å². The van der Waals surface area contributed by atoms with Crippen LogP contribution in [0.5, 0.6) is 0 Å². The predicted molar refractivity (Wildman–Crippen MR) is 406 cm³/mol. The third kappa shape index (κ3) is 76.4. The Labute approximate surface area is 584 Å². The molecule has 0 radical (unpaired) electrons. The van der Waals surface area contributed by atoms with E-state index < -0.39 is 18.4 Å². The summed E-state index contributed by atoms with van der Waals surface area (Å²) in [6, 6.07) is 0. The van der Waals surface area contributed by atoms with E-state index in [-0.39, 0.29) is 38.2 Å². The van der Waals surface area contributed by atoms with Gasteiger partial charge in [-0.25, -0.2) is 4.79 Å². The first-order valence-electron chi connectivity index (χ1n) is 41.0. The minimum absolute atomic E-state index is 0.177. The molecule has 0 saturated heterocycles. The van der Waals surface area contributed by atoms with Gasteiger partial charge in [-0.1, -0.05) is 396 Å². The van der Waals surface area contributed by atoms with Crippen molar-refractivity contribution in [3.8, 4) is 0 Å². The van der Waals surface area contributed by atoms with Crippen molar-refractivity contribution in [2.75, 3.05) is 47.5 Å². The topological polar surface area (TPSA) is 108 Å². The summed E-state index contributed by atoms with van der Waals surface area (Å²) in [6.07, 6.45) is 98.2. The maximum atomic E-state index is 13.0. The lowest BCUT2D eigenvalue weighted by Gasteiger charge is -2.25. The molecular formula is C85H158NO8+. The van der Waals surface area contributed by atoms with Crippen LogP contribution in [0, 0.1) is 0 Å². The van der Waals surface area contributed by atoms with E-state index in [0.717, 1.165) is 70.6 Å². The average Bonchev–Trinajstić information content (AvgIpc) is 3.35. The highest BCUT2D eigenvalue weighted by molar-refractivity contribution is 5.71. The number of carboxylic acids is 1. The Hall–Kier alpha value is -3.01. The van der Waals surface area contributed by atoms with Gasteiger partial charge in [0.1, 0.15) is 13.2 Å². The fourth-order valence-corrected chi connectivity index (χ4v) is 12.3. The van der Waals surface area contributed by atoms with Crippen LogP contribution in [0.15, 0.2) is 60.8 Å². The van der Waals surface area contributed by atoms with Crippen LogP contribution >= 0.6 is 0 Å². The quantitative estimate of drug-likeness (QED) is 0.0211. The molecule has 0 saturated carbocycles. The maximum Gasteiger partial charge on any atom is 0.361 e. The minimum atomic E-state index is -1.51. The first-order chi connectivity index (χ1) is 46.1. The van der Waals surface area contributed by atoms with Gasteiger partial charge in [0.05, 0.1) is 34.4 Å². The summed E-state index contributed by atoms with van der Waals surface area (Å²) in [4.78, 5) is 37.8. The zero-order chi connectivity index (χ0) is 68.2. The monoisotopic (exact) mass is 1320 g/mol. The van der Waals surface area contributed by atoms with Gasteiger partial charge in [-0.3, -0.25) is 9.59 Å². The van der Waals surface area contributed by atoms with Crippen molar-refractivity contribution in [1.82, 2.24) is 0 Å². The highest BCUT2D eigenvalue weighted by Gasteiger charge is 2.25. The molecule has 0 fully saturated rings. The Bertz CT molecular complexity index is 1730. The molecule has 94 heavy (non-hydrogen) atoms. The molecular weight excluding hydrogens is 1160 g/mol. The number of unbranched alkanes of at least 4 members (excludes halogenated alkanes) is 52. The van der Waals surface area contributed by atoms with E-state index in [4.69, 9.17) is 18.9 Å². The lowest BCUT2D eigenvalue weighted by Crippen LogP contribution is -2.40. The fourth-order valence-electron chi connectivity index (χ4n) is 12.3. The number of ether oxygens (including phenoxy) is 4. The largest absolute Gasteiger partial charge is 0.477 e. The molecule has 0 amide bonds. The van der Waals surface area contributed by atoms with Crippen LogP contribution in [0.25, 0.3) is 0 Å². The Kier molecular flexibility index (Phi) is 73.3.